The summed E-state index contributed by atoms with van der Waals surface area (Å²) in [6, 6.07) is 0.528. The largest absolute Gasteiger partial charge is 0.356 e. The molecule has 3 atom stereocenters. The van der Waals surface area contributed by atoms with Crippen molar-refractivity contribution in [3.8, 4) is 0 Å². The standard InChI is InChI=1S/C14H27N3O2S/c1-10(2)7-15-14(17-13-6-11(13)3)16-8-12-4-5-20(18,19)9-12/h10-13H,4-9H2,1-3H3,(H2,15,16,17). The fourth-order valence-electron chi connectivity index (χ4n) is 2.40. The minimum absolute atomic E-state index is 0.225. The zero-order chi connectivity index (χ0) is 14.8. The molecule has 1 aliphatic carbocycles. The summed E-state index contributed by atoms with van der Waals surface area (Å²) in [5.41, 5.74) is 0. The number of aliphatic imine (C=N–C) groups is 1. The molecule has 2 N–H and O–H groups in total. The van der Waals surface area contributed by atoms with E-state index < -0.39 is 9.84 Å². The molecule has 20 heavy (non-hydrogen) atoms. The van der Waals surface area contributed by atoms with Crippen molar-refractivity contribution < 1.29 is 8.42 Å². The molecule has 2 rings (SSSR count). The molecule has 0 radical (unpaired) electrons. The fraction of sp³-hybridized carbons (Fsp3) is 0.929. The number of hydrogen-bond donors (Lipinski definition) is 2. The second-order valence-electron chi connectivity index (χ2n) is 6.70. The summed E-state index contributed by atoms with van der Waals surface area (Å²) in [6.45, 7) is 8.00. The van der Waals surface area contributed by atoms with E-state index in [-0.39, 0.29) is 5.92 Å². The van der Waals surface area contributed by atoms with Crippen LogP contribution in [0.4, 0.5) is 0 Å². The predicted molar refractivity (Wildman–Crippen MR) is 82.6 cm³/mol. The van der Waals surface area contributed by atoms with Crippen LogP contribution in [0.5, 0.6) is 0 Å². The smallest absolute Gasteiger partial charge is 0.191 e. The number of rotatable bonds is 5. The monoisotopic (exact) mass is 301 g/mol. The van der Waals surface area contributed by atoms with E-state index in [1.165, 1.54) is 6.42 Å². The maximum absolute atomic E-state index is 11.5. The number of guanidine groups is 1. The Labute approximate surface area is 122 Å². The van der Waals surface area contributed by atoms with Crippen molar-refractivity contribution in [1.82, 2.24) is 10.6 Å². The molecule has 0 bridgehead atoms. The van der Waals surface area contributed by atoms with Crippen molar-refractivity contribution in [1.29, 1.82) is 0 Å². The van der Waals surface area contributed by atoms with Gasteiger partial charge in [0.15, 0.2) is 15.8 Å². The van der Waals surface area contributed by atoms with Crippen molar-refractivity contribution in [2.75, 3.05) is 24.6 Å². The van der Waals surface area contributed by atoms with E-state index in [0.717, 1.165) is 18.9 Å². The number of hydrogen-bond acceptors (Lipinski definition) is 3. The molecule has 3 unspecified atom stereocenters. The minimum Gasteiger partial charge on any atom is -0.356 e. The van der Waals surface area contributed by atoms with Crippen LogP contribution in [-0.2, 0) is 9.84 Å². The van der Waals surface area contributed by atoms with Gasteiger partial charge in [0.25, 0.3) is 0 Å². The lowest BCUT2D eigenvalue weighted by atomic mass is 10.1. The van der Waals surface area contributed by atoms with Crippen LogP contribution in [0.25, 0.3) is 0 Å². The zero-order valence-electron chi connectivity index (χ0n) is 12.7. The van der Waals surface area contributed by atoms with Crippen LogP contribution in [-0.4, -0.2) is 45.0 Å². The van der Waals surface area contributed by atoms with Crippen molar-refractivity contribution >= 4 is 15.8 Å². The van der Waals surface area contributed by atoms with Gasteiger partial charge in [-0.15, -0.1) is 0 Å². The molecule has 2 fully saturated rings. The van der Waals surface area contributed by atoms with E-state index in [1.54, 1.807) is 0 Å². The van der Waals surface area contributed by atoms with Gasteiger partial charge in [-0.1, -0.05) is 20.8 Å². The topological polar surface area (TPSA) is 70.6 Å². The highest BCUT2D eigenvalue weighted by atomic mass is 32.2. The van der Waals surface area contributed by atoms with Crippen molar-refractivity contribution in [2.45, 2.75) is 39.7 Å². The molecule has 1 heterocycles. The zero-order valence-corrected chi connectivity index (χ0v) is 13.5. The fourth-order valence-corrected chi connectivity index (χ4v) is 4.26. The summed E-state index contributed by atoms with van der Waals surface area (Å²) in [4.78, 5) is 4.58. The average Bonchev–Trinajstić information content (AvgIpc) is 2.92. The second-order valence-corrected chi connectivity index (χ2v) is 8.93. The summed E-state index contributed by atoms with van der Waals surface area (Å²) < 4.78 is 22.9. The van der Waals surface area contributed by atoms with Crippen LogP contribution in [0.1, 0.15) is 33.6 Å². The Hall–Kier alpha value is -0.780. The van der Waals surface area contributed by atoms with Gasteiger partial charge in [0.05, 0.1) is 11.5 Å². The Balaban J connectivity index is 1.82. The van der Waals surface area contributed by atoms with Gasteiger partial charge in [-0.3, -0.25) is 4.99 Å². The van der Waals surface area contributed by atoms with E-state index in [4.69, 9.17) is 0 Å². The van der Waals surface area contributed by atoms with E-state index in [0.29, 0.717) is 35.9 Å². The van der Waals surface area contributed by atoms with Gasteiger partial charge in [0.1, 0.15) is 0 Å². The molecule has 116 valence electrons. The summed E-state index contributed by atoms with van der Waals surface area (Å²) in [5.74, 6) is 2.97. The minimum atomic E-state index is -2.79. The highest BCUT2D eigenvalue weighted by Crippen LogP contribution is 2.28. The van der Waals surface area contributed by atoms with Gasteiger partial charge in [-0.25, -0.2) is 8.42 Å². The Morgan fingerprint density at radius 1 is 1.40 bits per heavy atom. The van der Waals surface area contributed by atoms with Gasteiger partial charge in [-0.05, 0) is 30.6 Å². The van der Waals surface area contributed by atoms with Crippen LogP contribution >= 0.6 is 0 Å². The molecule has 2 aliphatic rings. The third-order valence-corrected chi connectivity index (χ3v) is 5.77. The average molecular weight is 301 g/mol. The highest BCUT2D eigenvalue weighted by molar-refractivity contribution is 7.91. The summed E-state index contributed by atoms with van der Waals surface area (Å²) in [6.07, 6.45) is 1.97. The first-order chi connectivity index (χ1) is 9.35. The Bertz CT molecular complexity index is 459. The molecule has 0 aromatic carbocycles. The Morgan fingerprint density at radius 2 is 2.10 bits per heavy atom. The molecule has 0 aromatic rings. The summed E-state index contributed by atoms with van der Waals surface area (Å²) >= 11 is 0. The van der Waals surface area contributed by atoms with Gasteiger partial charge in [0, 0.05) is 19.1 Å². The molecule has 0 spiro atoms. The SMILES string of the molecule is CC(C)CN=C(NCC1CCS(=O)(=O)C1)NC1CC1C. The molecule has 1 saturated carbocycles. The first kappa shape index (κ1) is 15.6. The quantitative estimate of drug-likeness (QED) is 0.587. The highest BCUT2D eigenvalue weighted by Gasteiger charge is 2.33. The van der Waals surface area contributed by atoms with Crippen LogP contribution < -0.4 is 10.6 Å². The number of nitrogens with one attached hydrogen (secondary N) is 2. The van der Waals surface area contributed by atoms with E-state index in [1.807, 2.05) is 0 Å². The molecule has 1 saturated heterocycles. The van der Waals surface area contributed by atoms with E-state index in [9.17, 15) is 8.42 Å². The van der Waals surface area contributed by atoms with Crippen LogP contribution in [0.15, 0.2) is 4.99 Å². The normalized spacial score (nSPS) is 32.4. The molecular formula is C14H27N3O2S. The predicted octanol–water partition coefficient (Wildman–Crippen LogP) is 1.02. The Kier molecular flexibility index (Phi) is 4.94. The lowest BCUT2D eigenvalue weighted by Gasteiger charge is -2.15. The Morgan fingerprint density at radius 3 is 2.60 bits per heavy atom. The van der Waals surface area contributed by atoms with E-state index >= 15 is 0 Å². The second kappa shape index (κ2) is 6.33. The lowest BCUT2D eigenvalue weighted by Crippen LogP contribution is -2.41. The first-order valence-electron chi connectivity index (χ1n) is 7.61. The molecular weight excluding hydrogens is 274 g/mol. The van der Waals surface area contributed by atoms with Crippen molar-refractivity contribution in [3.05, 3.63) is 0 Å². The van der Waals surface area contributed by atoms with Crippen molar-refractivity contribution in [3.63, 3.8) is 0 Å². The molecule has 6 heteroatoms. The van der Waals surface area contributed by atoms with Crippen LogP contribution in [0.3, 0.4) is 0 Å². The van der Waals surface area contributed by atoms with Crippen LogP contribution in [0, 0.1) is 17.8 Å². The molecule has 1 aliphatic heterocycles. The molecule has 0 amide bonds. The number of nitrogens with zero attached hydrogens (tertiary/aromatic N) is 1. The lowest BCUT2D eigenvalue weighted by molar-refractivity contribution is 0.563. The van der Waals surface area contributed by atoms with E-state index in [2.05, 4.69) is 36.4 Å². The first-order valence-corrected chi connectivity index (χ1v) is 9.43. The maximum Gasteiger partial charge on any atom is 0.191 e. The summed E-state index contributed by atoms with van der Waals surface area (Å²) in [5, 5.41) is 6.75. The van der Waals surface area contributed by atoms with Crippen LogP contribution in [0.2, 0.25) is 0 Å². The number of sulfone groups is 1. The molecule has 0 aromatic heterocycles. The van der Waals surface area contributed by atoms with Gasteiger partial charge in [0.2, 0.25) is 0 Å². The maximum atomic E-state index is 11.5. The van der Waals surface area contributed by atoms with Gasteiger partial charge >= 0.3 is 0 Å². The van der Waals surface area contributed by atoms with Gasteiger partial charge in [-0.2, -0.15) is 0 Å². The van der Waals surface area contributed by atoms with Crippen molar-refractivity contribution in [2.24, 2.45) is 22.7 Å². The third-order valence-electron chi connectivity index (χ3n) is 3.93. The molecule has 5 nitrogen and oxygen atoms in total. The van der Waals surface area contributed by atoms with Gasteiger partial charge < -0.3 is 10.6 Å². The third kappa shape index (κ3) is 4.96. The summed E-state index contributed by atoms with van der Waals surface area (Å²) in [7, 11) is -2.79.